The molecule has 0 amide bonds. The number of carbonyl (C=O) groups excluding carboxylic acids is 1. The van der Waals surface area contributed by atoms with Gasteiger partial charge in [-0.05, 0) is 65.7 Å². The molecule has 0 N–H and O–H groups in total. The van der Waals surface area contributed by atoms with Crippen LogP contribution in [0.15, 0.2) is 109 Å². The lowest BCUT2D eigenvalue weighted by molar-refractivity contribution is -0.128. The van der Waals surface area contributed by atoms with Gasteiger partial charge in [0, 0.05) is 18.2 Å². The molecule has 35 heavy (non-hydrogen) atoms. The van der Waals surface area contributed by atoms with Gasteiger partial charge in [-0.1, -0.05) is 54.6 Å². The van der Waals surface area contributed by atoms with E-state index in [1.807, 2.05) is 72.8 Å². The highest BCUT2D eigenvalue weighted by molar-refractivity contribution is 5.89. The average molecular weight is 461 g/mol. The Morgan fingerprint density at radius 1 is 0.857 bits per heavy atom. The molecule has 0 aliphatic rings. The SMILES string of the molecule is COc1cccc(/C=C/C(=O)Oc2ccc(-c3nc4ccccc4n3Cc3ccccc3)cc2)c1. The summed E-state index contributed by atoms with van der Waals surface area (Å²) in [5.74, 6) is 1.62. The van der Waals surface area contributed by atoms with Gasteiger partial charge in [-0.15, -0.1) is 0 Å². The maximum absolute atomic E-state index is 12.3. The van der Waals surface area contributed by atoms with E-state index in [-0.39, 0.29) is 0 Å². The van der Waals surface area contributed by atoms with Crippen molar-refractivity contribution < 1.29 is 14.3 Å². The maximum Gasteiger partial charge on any atom is 0.336 e. The zero-order valence-electron chi connectivity index (χ0n) is 19.3. The van der Waals surface area contributed by atoms with Crippen molar-refractivity contribution in [1.29, 1.82) is 0 Å². The molecule has 0 atom stereocenters. The molecule has 0 bridgehead atoms. The summed E-state index contributed by atoms with van der Waals surface area (Å²) in [5.41, 5.74) is 5.02. The van der Waals surface area contributed by atoms with Crippen molar-refractivity contribution in [1.82, 2.24) is 9.55 Å². The summed E-state index contributed by atoms with van der Waals surface area (Å²) in [5, 5.41) is 0. The van der Waals surface area contributed by atoms with Crippen LogP contribution in [0.4, 0.5) is 0 Å². The monoisotopic (exact) mass is 460 g/mol. The van der Waals surface area contributed by atoms with Crippen molar-refractivity contribution in [2.45, 2.75) is 6.54 Å². The Bertz CT molecular complexity index is 1490. The summed E-state index contributed by atoms with van der Waals surface area (Å²) in [6.45, 7) is 0.711. The van der Waals surface area contributed by atoms with Gasteiger partial charge in [0.1, 0.15) is 17.3 Å². The van der Waals surface area contributed by atoms with E-state index in [9.17, 15) is 4.79 Å². The third-order valence-electron chi connectivity index (χ3n) is 5.67. The van der Waals surface area contributed by atoms with Crippen LogP contribution in [-0.4, -0.2) is 22.6 Å². The lowest BCUT2D eigenvalue weighted by Crippen LogP contribution is -2.04. The Labute approximate surface area is 203 Å². The molecule has 0 radical (unpaired) electrons. The summed E-state index contributed by atoms with van der Waals surface area (Å²) in [6.07, 6.45) is 3.10. The van der Waals surface area contributed by atoms with Crippen molar-refractivity contribution in [3.8, 4) is 22.9 Å². The van der Waals surface area contributed by atoms with E-state index >= 15 is 0 Å². The molecule has 0 unspecified atom stereocenters. The fourth-order valence-electron chi connectivity index (χ4n) is 3.95. The molecule has 5 rings (SSSR count). The first-order chi connectivity index (χ1) is 17.2. The van der Waals surface area contributed by atoms with E-state index in [4.69, 9.17) is 14.5 Å². The summed E-state index contributed by atoms with van der Waals surface area (Å²) in [4.78, 5) is 17.2. The van der Waals surface area contributed by atoms with Gasteiger partial charge in [-0.3, -0.25) is 0 Å². The van der Waals surface area contributed by atoms with Crippen LogP contribution < -0.4 is 9.47 Å². The van der Waals surface area contributed by atoms with Crippen molar-refractivity contribution in [2.75, 3.05) is 7.11 Å². The van der Waals surface area contributed by atoms with E-state index < -0.39 is 5.97 Å². The number of carbonyl (C=O) groups is 1. The largest absolute Gasteiger partial charge is 0.497 e. The first-order valence-corrected chi connectivity index (χ1v) is 11.3. The number of esters is 1. The zero-order chi connectivity index (χ0) is 24.0. The van der Waals surface area contributed by atoms with Crippen LogP contribution in [0.5, 0.6) is 11.5 Å². The van der Waals surface area contributed by atoms with Crippen LogP contribution in [0.2, 0.25) is 0 Å². The summed E-state index contributed by atoms with van der Waals surface area (Å²) in [6, 6.07) is 33.3. The van der Waals surface area contributed by atoms with E-state index in [1.54, 1.807) is 25.3 Å². The smallest absolute Gasteiger partial charge is 0.336 e. The Morgan fingerprint density at radius 3 is 2.43 bits per heavy atom. The Balaban J connectivity index is 1.36. The third kappa shape index (κ3) is 5.14. The first-order valence-electron chi connectivity index (χ1n) is 11.3. The number of para-hydroxylation sites is 2. The number of rotatable bonds is 7. The number of methoxy groups -OCH3 is 1. The molecule has 1 aromatic heterocycles. The molecule has 5 heteroatoms. The number of hydrogen-bond donors (Lipinski definition) is 0. The average Bonchev–Trinajstić information content (AvgIpc) is 3.27. The number of hydrogen-bond acceptors (Lipinski definition) is 4. The van der Waals surface area contributed by atoms with Crippen LogP contribution in [-0.2, 0) is 11.3 Å². The molecule has 0 fully saturated rings. The number of imidazole rings is 1. The van der Waals surface area contributed by atoms with Crippen LogP contribution in [0.1, 0.15) is 11.1 Å². The molecule has 5 aromatic rings. The molecule has 1 heterocycles. The van der Waals surface area contributed by atoms with Gasteiger partial charge in [0.05, 0.1) is 18.1 Å². The van der Waals surface area contributed by atoms with Crippen LogP contribution in [0, 0.1) is 0 Å². The van der Waals surface area contributed by atoms with E-state index in [0.29, 0.717) is 12.3 Å². The highest BCUT2D eigenvalue weighted by Crippen LogP contribution is 2.27. The Hall–Kier alpha value is -4.64. The van der Waals surface area contributed by atoms with Crippen molar-refractivity contribution in [3.05, 3.63) is 120 Å². The van der Waals surface area contributed by atoms with E-state index in [2.05, 4.69) is 22.8 Å². The number of ether oxygens (including phenoxy) is 2. The second kappa shape index (κ2) is 10.1. The van der Waals surface area contributed by atoms with Crippen molar-refractivity contribution in [3.63, 3.8) is 0 Å². The minimum atomic E-state index is -0.447. The van der Waals surface area contributed by atoms with E-state index in [0.717, 1.165) is 33.7 Å². The molecular formula is C30H24N2O3. The third-order valence-corrected chi connectivity index (χ3v) is 5.67. The molecule has 0 saturated carbocycles. The Kier molecular flexibility index (Phi) is 6.39. The summed E-state index contributed by atoms with van der Waals surface area (Å²) < 4.78 is 12.9. The second-order valence-corrected chi connectivity index (χ2v) is 8.05. The maximum atomic E-state index is 12.3. The lowest BCUT2D eigenvalue weighted by atomic mass is 10.2. The van der Waals surface area contributed by atoms with Crippen LogP contribution >= 0.6 is 0 Å². The first kappa shape index (κ1) is 22.2. The van der Waals surface area contributed by atoms with Crippen molar-refractivity contribution >= 4 is 23.1 Å². The topological polar surface area (TPSA) is 53.4 Å². The predicted molar refractivity (Wildman–Crippen MR) is 138 cm³/mol. The van der Waals surface area contributed by atoms with Gasteiger partial charge >= 0.3 is 5.97 Å². The van der Waals surface area contributed by atoms with Crippen LogP contribution in [0.25, 0.3) is 28.5 Å². The lowest BCUT2D eigenvalue weighted by Gasteiger charge is -2.10. The molecule has 5 nitrogen and oxygen atoms in total. The van der Waals surface area contributed by atoms with Gasteiger partial charge in [0.15, 0.2) is 0 Å². The molecular weight excluding hydrogens is 436 g/mol. The number of fused-ring (bicyclic) bond motifs is 1. The number of aromatic nitrogens is 2. The molecule has 0 aliphatic carbocycles. The zero-order valence-corrected chi connectivity index (χ0v) is 19.3. The molecule has 0 aliphatic heterocycles. The van der Waals surface area contributed by atoms with E-state index in [1.165, 1.54) is 11.6 Å². The van der Waals surface area contributed by atoms with Gasteiger partial charge in [-0.2, -0.15) is 0 Å². The van der Waals surface area contributed by atoms with Crippen molar-refractivity contribution in [2.24, 2.45) is 0 Å². The quantitative estimate of drug-likeness (QED) is 0.161. The Morgan fingerprint density at radius 2 is 1.63 bits per heavy atom. The van der Waals surface area contributed by atoms with Gasteiger partial charge in [0.25, 0.3) is 0 Å². The second-order valence-electron chi connectivity index (χ2n) is 8.05. The fourth-order valence-corrected chi connectivity index (χ4v) is 3.95. The molecule has 0 spiro atoms. The minimum Gasteiger partial charge on any atom is -0.497 e. The van der Waals surface area contributed by atoms with Crippen LogP contribution in [0.3, 0.4) is 0 Å². The highest BCUT2D eigenvalue weighted by atomic mass is 16.5. The fraction of sp³-hybridized carbons (Fsp3) is 0.0667. The predicted octanol–water partition coefficient (Wildman–Crippen LogP) is 6.38. The number of benzene rings is 4. The normalized spacial score (nSPS) is 11.1. The number of nitrogens with zero attached hydrogens (tertiary/aromatic N) is 2. The summed E-state index contributed by atoms with van der Waals surface area (Å²) >= 11 is 0. The molecule has 4 aromatic carbocycles. The highest BCUT2D eigenvalue weighted by Gasteiger charge is 2.13. The standard InChI is InChI=1S/C30H24N2O3/c1-34-26-11-7-10-22(20-26)14-19-29(33)35-25-17-15-24(16-18-25)30-31-27-12-5-6-13-28(27)32(30)21-23-8-3-2-4-9-23/h2-20H,21H2,1H3/b19-14+. The molecule has 172 valence electrons. The van der Waals surface area contributed by atoms with Gasteiger partial charge in [-0.25, -0.2) is 9.78 Å². The summed E-state index contributed by atoms with van der Waals surface area (Å²) in [7, 11) is 1.61. The minimum absolute atomic E-state index is 0.447. The van der Waals surface area contributed by atoms with Gasteiger partial charge in [0.2, 0.25) is 0 Å². The molecule has 0 saturated heterocycles. The van der Waals surface area contributed by atoms with Gasteiger partial charge < -0.3 is 14.0 Å².